The number of amides is 2. The molecule has 0 unspecified atom stereocenters. The van der Waals surface area contributed by atoms with Crippen molar-refractivity contribution in [2.45, 2.75) is 6.61 Å². The van der Waals surface area contributed by atoms with Gasteiger partial charge in [0.2, 0.25) is 15.8 Å². The Morgan fingerprint density at radius 3 is 2.50 bits per heavy atom. The molecule has 0 bridgehead atoms. The van der Waals surface area contributed by atoms with Gasteiger partial charge in [-0.2, -0.15) is 0 Å². The van der Waals surface area contributed by atoms with E-state index in [1.807, 2.05) is 0 Å². The molecule has 40 heavy (non-hydrogen) atoms. The number of anilines is 1. The number of furan rings is 1. The fraction of sp³-hybridized carbons (Fsp3) is 0.0769. The zero-order chi connectivity index (χ0) is 28.9. The summed E-state index contributed by atoms with van der Waals surface area (Å²) in [6.45, 7) is 0.0579. The molecule has 1 heterocycles. The molecule has 0 radical (unpaired) electrons. The van der Waals surface area contributed by atoms with Crippen molar-refractivity contribution in [2.24, 2.45) is 0 Å². The molecule has 0 aliphatic heterocycles. The molecule has 14 heteroatoms. The molecule has 0 aliphatic carbocycles. The van der Waals surface area contributed by atoms with Crippen LogP contribution in [0.2, 0.25) is 0 Å². The molecule has 3 aromatic carbocycles. The molecular formula is C26H22N4O9S. The van der Waals surface area contributed by atoms with Crippen LogP contribution in [0.3, 0.4) is 0 Å². The van der Waals surface area contributed by atoms with Gasteiger partial charge in [0.15, 0.2) is 5.75 Å². The Balaban J connectivity index is 1.45. The smallest absolute Gasteiger partial charge is 0.311 e. The lowest BCUT2D eigenvalue weighted by Crippen LogP contribution is -2.41. The van der Waals surface area contributed by atoms with Crippen molar-refractivity contribution >= 4 is 33.2 Å². The Labute approximate surface area is 227 Å². The number of nitrogens with zero attached hydrogens (tertiary/aromatic N) is 1. The Morgan fingerprint density at radius 2 is 1.75 bits per heavy atom. The third-order valence-electron chi connectivity index (χ3n) is 5.45. The number of aromatic hydroxyl groups is 1. The standard InChI is InChI=1S/C26H22N4O9S/c1-40(36,37)29-21-8-3-2-5-18(21)15-39-19-7-4-6-16(13-19)20-11-12-38-24(20)26(33)28-27-25(32)17-9-10-23(31)22(14-17)30(34)35/h2-14,29,31H,15H2,1H3,(H,27,32)(H,28,33). The third-order valence-corrected chi connectivity index (χ3v) is 6.04. The Bertz CT molecular complexity index is 1700. The van der Waals surface area contributed by atoms with Crippen LogP contribution >= 0.6 is 0 Å². The first kappa shape index (κ1) is 27.7. The minimum Gasteiger partial charge on any atom is -0.502 e. The number of hydrogen-bond donors (Lipinski definition) is 4. The van der Waals surface area contributed by atoms with Crippen molar-refractivity contribution in [1.82, 2.24) is 10.9 Å². The van der Waals surface area contributed by atoms with Crippen LogP contribution in [0.4, 0.5) is 11.4 Å². The lowest BCUT2D eigenvalue weighted by Gasteiger charge is -2.12. The number of hydrazine groups is 1. The van der Waals surface area contributed by atoms with Gasteiger partial charge >= 0.3 is 11.6 Å². The lowest BCUT2D eigenvalue weighted by molar-refractivity contribution is -0.385. The summed E-state index contributed by atoms with van der Waals surface area (Å²) in [4.78, 5) is 35.3. The highest BCUT2D eigenvalue weighted by molar-refractivity contribution is 7.92. The second-order valence-electron chi connectivity index (χ2n) is 8.38. The number of hydrogen-bond acceptors (Lipinski definition) is 9. The van der Waals surface area contributed by atoms with Gasteiger partial charge in [0, 0.05) is 22.8 Å². The quantitative estimate of drug-likeness (QED) is 0.173. The maximum Gasteiger partial charge on any atom is 0.311 e. The molecule has 0 saturated heterocycles. The van der Waals surface area contributed by atoms with Gasteiger partial charge in [-0.3, -0.25) is 35.3 Å². The van der Waals surface area contributed by atoms with Crippen LogP contribution in [-0.4, -0.2) is 36.5 Å². The maximum absolute atomic E-state index is 12.8. The highest BCUT2D eigenvalue weighted by atomic mass is 32.2. The highest BCUT2D eigenvalue weighted by Crippen LogP contribution is 2.29. The topological polar surface area (TPSA) is 190 Å². The summed E-state index contributed by atoms with van der Waals surface area (Å²) in [5, 5.41) is 20.5. The van der Waals surface area contributed by atoms with E-state index in [1.165, 1.54) is 6.26 Å². The number of sulfonamides is 1. The largest absolute Gasteiger partial charge is 0.502 e. The molecule has 0 spiro atoms. The summed E-state index contributed by atoms with van der Waals surface area (Å²) in [6, 6.07) is 18.1. The monoisotopic (exact) mass is 566 g/mol. The average molecular weight is 567 g/mol. The summed E-state index contributed by atoms with van der Waals surface area (Å²) in [5.41, 5.74) is 5.45. The van der Waals surface area contributed by atoms with Crippen LogP contribution in [0.1, 0.15) is 26.5 Å². The maximum atomic E-state index is 12.8. The normalized spacial score (nSPS) is 10.9. The van der Waals surface area contributed by atoms with E-state index in [0.717, 1.165) is 24.5 Å². The summed E-state index contributed by atoms with van der Waals surface area (Å²) in [5.74, 6) is -1.95. The number of para-hydroxylation sites is 1. The highest BCUT2D eigenvalue weighted by Gasteiger charge is 2.20. The van der Waals surface area contributed by atoms with Crippen molar-refractivity contribution in [3.8, 4) is 22.6 Å². The van der Waals surface area contributed by atoms with Gasteiger partial charge in [0.05, 0.1) is 23.1 Å². The lowest BCUT2D eigenvalue weighted by atomic mass is 10.1. The molecular weight excluding hydrogens is 544 g/mol. The van der Waals surface area contributed by atoms with Crippen molar-refractivity contribution in [3.63, 3.8) is 0 Å². The zero-order valence-corrected chi connectivity index (χ0v) is 21.6. The number of nitrogens with one attached hydrogen (secondary N) is 3. The van der Waals surface area contributed by atoms with Gasteiger partial charge in [-0.1, -0.05) is 30.3 Å². The fourth-order valence-electron chi connectivity index (χ4n) is 3.63. The molecule has 1 aromatic heterocycles. The predicted molar refractivity (Wildman–Crippen MR) is 143 cm³/mol. The average Bonchev–Trinajstić information content (AvgIpc) is 3.41. The van der Waals surface area contributed by atoms with E-state index < -0.39 is 38.2 Å². The van der Waals surface area contributed by atoms with E-state index in [2.05, 4.69) is 15.6 Å². The van der Waals surface area contributed by atoms with Gasteiger partial charge in [0.25, 0.3) is 5.91 Å². The van der Waals surface area contributed by atoms with E-state index >= 15 is 0 Å². The minimum atomic E-state index is -3.48. The number of rotatable bonds is 9. The van der Waals surface area contributed by atoms with Crippen LogP contribution < -0.4 is 20.3 Å². The molecule has 13 nitrogen and oxygen atoms in total. The predicted octanol–water partition coefficient (Wildman–Crippen LogP) is 3.59. The molecule has 4 N–H and O–H groups in total. The van der Waals surface area contributed by atoms with E-state index in [0.29, 0.717) is 28.1 Å². The number of phenols is 1. The second-order valence-corrected chi connectivity index (χ2v) is 10.1. The SMILES string of the molecule is CS(=O)(=O)Nc1ccccc1COc1cccc(-c2ccoc2C(=O)NNC(=O)c2ccc(O)c([N+](=O)[O-])c2)c1. The summed E-state index contributed by atoms with van der Waals surface area (Å²) >= 11 is 0. The molecule has 0 aliphatic rings. The van der Waals surface area contributed by atoms with Crippen LogP contribution in [0.5, 0.6) is 11.5 Å². The van der Waals surface area contributed by atoms with Crippen LogP contribution in [-0.2, 0) is 16.6 Å². The first-order chi connectivity index (χ1) is 19.0. The molecule has 0 fully saturated rings. The van der Waals surface area contributed by atoms with Crippen molar-refractivity contribution in [3.05, 3.63) is 106 Å². The van der Waals surface area contributed by atoms with E-state index in [1.54, 1.807) is 54.6 Å². The van der Waals surface area contributed by atoms with Crippen LogP contribution in [0.25, 0.3) is 11.1 Å². The van der Waals surface area contributed by atoms with E-state index in [9.17, 15) is 33.2 Å². The number of carbonyl (C=O) groups excluding carboxylic acids is 2. The molecule has 0 saturated carbocycles. The Morgan fingerprint density at radius 1 is 1.00 bits per heavy atom. The van der Waals surface area contributed by atoms with E-state index in [-0.39, 0.29) is 17.9 Å². The molecule has 2 amide bonds. The van der Waals surface area contributed by atoms with Crippen molar-refractivity contribution in [2.75, 3.05) is 11.0 Å². The Kier molecular flexibility index (Phi) is 8.00. The zero-order valence-electron chi connectivity index (χ0n) is 20.8. The fourth-order valence-corrected chi connectivity index (χ4v) is 4.22. The van der Waals surface area contributed by atoms with Gasteiger partial charge in [-0.15, -0.1) is 0 Å². The summed E-state index contributed by atoms with van der Waals surface area (Å²) in [7, 11) is -3.48. The number of phenolic OH excluding ortho intramolecular Hbond substituents is 1. The molecule has 206 valence electrons. The minimum absolute atomic E-state index is 0.0579. The van der Waals surface area contributed by atoms with E-state index in [4.69, 9.17) is 9.15 Å². The summed E-state index contributed by atoms with van der Waals surface area (Å²) in [6.07, 6.45) is 2.34. The molecule has 4 rings (SSSR count). The first-order valence-electron chi connectivity index (χ1n) is 11.5. The van der Waals surface area contributed by atoms with Gasteiger partial charge in [0.1, 0.15) is 12.4 Å². The van der Waals surface area contributed by atoms with Crippen LogP contribution in [0, 0.1) is 10.1 Å². The molecule has 0 atom stereocenters. The third kappa shape index (κ3) is 6.73. The number of nitro groups is 1. The summed E-state index contributed by atoms with van der Waals surface area (Å²) < 4.78 is 36.9. The van der Waals surface area contributed by atoms with Gasteiger partial charge in [-0.25, -0.2) is 8.42 Å². The van der Waals surface area contributed by atoms with Gasteiger partial charge in [-0.05, 0) is 42.0 Å². The number of nitro benzene ring substituents is 1. The number of ether oxygens (including phenoxy) is 1. The van der Waals surface area contributed by atoms with Crippen molar-refractivity contribution < 1.29 is 37.2 Å². The van der Waals surface area contributed by atoms with Crippen LogP contribution in [0.15, 0.2) is 83.5 Å². The van der Waals surface area contributed by atoms with Crippen molar-refractivity contribution in [1.29, 1.82) is 0 Å². The number of benzene rings is 3. The Hall–Kier alpha value is -5.37. The number of carbonyl (C=O) groups is 2. The molecule has 4 aromatic rings. The second kappa shape index (κ2) is 11.6. The first-order valence-corrected chi connectivity index (χ1v) is 13.4. The van der Waals surface area contributed by atoms with Gasteiger partial charge < -0.3 is 14.3 Å².